The Hall–Kier alpha value is -1.36. The molecule has 0 heterocycles. The van der Waals surface area contributed by atoms with Crippen molar-refractivity contribution in [2.75, 3.05) is 13.2 Å². The number of carbonyl (C=O) groups is 2. The molecule has 0 aromatic carbocycles. The zero-order valence-corrected chi connectivity index (χ0v) is 7.63. The third-order valence-corrected chi connectivity index (χ3v) is 1.62. The lowest BCUT2D eigenvalue weighted by Crippen LogP contribution is -2.28. The summed E-state index contributed by atoms with van der Waals surface area (Å²) >= 11 is 0. The van der Waals surface area contributed by atoms with Crippen molar-refractivity contribution < 1.29 is 19.8 Å². The van der Waals surface area contributed by atoms with Gasteiger partial charge in [-0.2, -0.15) is 0 Å². The molecule has 0 spiro atoms. The Balaban J connectivity index is 4.40. The van der Waals surface area contributed by atoms with E-state index in [0.717, 1.165) is 0 Å². The van der Waals surface area contributed by atoms with Crippen LogP contribution in [0.3, 0.4) is 0 Å². The van der Waals surface area contributed by atoms with Crippen molar-refractivity contribution in [3.63, 3.8) is 0 Å². The number of carbonyl (C=O) groups excluding carboxylic acids is 1. The first-order chi connectivity index (χ1) is 6.00. The summed E-state index contributed by atoms with van der Waals surface area (Å²) in [6.45, 7) is 2.75. The maximum atomic E-state index is 11.1. The molecule has 74 valence electrons. The molecule has 0 aromatic heterocycles. The van der Waals surface area contributed by atoms with E-state index in [1.807, 2.05) is 0 Å². The van der Waals surface area contributed by atoms with Crippen LogP contribution in [0.1, 0.15) is 13.8 Å². The molecule has 0 unspecified atom stereocenters. The van der Waals surface area contributed by atoms with Crippen molar-refractivity contribution >= 4 is 11.9 Å². The molecule has 0 bridgehead atoms. The molecule has 0 atom stereocenters. The second-order valence-electron chi connectivity index (χ2n) is 2.53. The number of aliphatic carboxylic acids is 1. The van der Waals surface area contributed by atoms with Gasteiger partial charge in [0.05, 0.1) is 6.61 Å². The van der Waals surface area contributed by atoms with Gasteiger partial charge < -0.3 is 15.5 Å². The third-order valence-electron chi connectivity index (χ3n) is 1.62. The van der Waals surface area contributed by atoms with Gasteiger partial charge in [-0.3, -0.25) is 4.79 Å². The van der Waals surface area contributed by atoms with Crippen LogP contribution in [-0.4, -0.2) is 35.2 Å². The minimum Gasteiger partial charge on any atom is -0.478 e. The van der Waals surface area contributed by atoms with Gasteiger partial charge in [0.1, 0.15) is 0 Å². The van der Waals surface area contributed by atoms with Crippen LogP contribution < -0.4 is 5.32 Å². The molecule has 0 rings (SSSR count). The monoisotopic (exact) mass is 187 g/mol. The number of hydrogen-bond donors (Lipinski definition) is 3. The molecule has 3 N–H and O–H groups in total. The van der Waals surface area contributed by atoms with E-state index in [4.69, 9.17) is 10.2 Å². The molecule has 1 amide bonds. The Kier molecular flexibility index (Phi) is 4.76. The second kappa shape index (κ2) is 5.31. The first kappa shape index (κ1) is 11.6. The number of rotatable bonds is 4. The third kappa shape index (κ3) is 3.71. The lowest BCUT2D eigenvalue weighted by molar-refractivity contribution is -0.133. The second-order valence-corrected chi connectivity index (χ2v) is 2.53. The van der Waals surface area contributed by atoms with E-state index in [-0.39, 0.29) is 24.3 Å². The standard InChI is InChI=1S/C8H13NO4/c1-5(6(2)8(12)13)7(11)9-3-4-10/h10H,3-4H2,1-2H3,(H,9,11)(H,12,13)/b6-5-. The van der Waals surface area contributed by atoms with Crippen molar-refractivity contribution in [3.8, 4) is 0 Å². The van der Waals surface area contributed by atoms with Crippen molar-refractivity contribution in [2.24, 2.45) is 0 Å². The van der Waals surface area contributed by atoms with Gasteiger partial charge >= 0.3 is 5.97 Å². The highest BCUT2D eigenvalue weighted by atomic mass is 16.4. The molecule has 0 saturated heterocycles. The minimum absolute atomic E-state index is 0.00967. The Morgan fingerprint density at radius 2 is 1.77 bits per heavy atom. The topological polar surface area (TPSA) is 86.6 Å². The largest absolute Gasteiger partial charge is 0.478 e. The van der Waals surface area contributed by atoms with Gasteiger partial charge in [-0.05, 0) is 13.8 Å². The number of hydrogen-bond acceptors (Lipinski definition) is 3. The number of aliphatic hydroxyl groups excluding tert-OH is 1. The molecule has 5 nitrogen and oxygen atoms in total. The van der Waals surface area contributed by atoms with Gasteiger partial charge in [0, 0.05) is 17.7 Å². The van der Waals surface area contributed by atoms with E-state index < -0.39 is 11.9 Å². The average Bonchev–Trinajstić information content (AvgIpc) is 2.11. The summed E-state index contributed by atoms with van der Waals surface area (Å²) in [4.78, 5) is 21.5. The smallest absolute Gasteiger partial charge is 0.331 e. The SMILES string of the molecule is C/C(C(=O)O)=C(\C)C(=O)NCCO. The predicted molar refractivity (Wildman–Crippen MR) is 46.1 cm³/mol. The molecule has 5 heteroatoms. The van der Waals surface area contributed by atoms with Crippen molar-refractivity contribution in [3.05, 3.63) is 11.1 Å². The van der Waals surface area contributed by atoms with Crippen LogP contribution in [0.2, 0.25) is 0 Å². The van der Waals surface area contributed by atoms with Gasteiger partial charge in [0.2, 0.25) is 5.91 Å². The summed E-state index contributed by atoms with van der Waals surface area (Å²) in [5, 5.41) is 19.3. The van der Waals surface area contributed by atoms with Gasteiger partial charge in [-0.15, -0.1) is 0 Å². The predicted octanol–water partition coefficient (Wildman–Crippen LogP) is -0.484. The fourth-order valence-electron chi connectivity index (χ4n) is 0.633. The summed E-state index contributed by atoms with van der Waals surface area (Å²) in [6.07, 6.45) is 0. The Morgan fingerprint density at radius 3 is 2.15 bits per heavy atom. The maximum absolute atomic E-state index is 11.1. The highest BCUT2D eigenvalue weighted by molar-refractivity contribution is 6.01. The van der Waals surface area contributed by atoms with Crippen LogP contribution in [0.25, 0.3) is 0 Å². The fraction of sp³-hybridized carbons (Fsp3) is 0.500. The Labute approximate surface area is 76.1 Å². The zero-order valence-electron chi connectivity index (χ0n) is 7.63. The van der Waals surface area contributed by atoms with E-state index in [9.17, 15) is 9.59 Å². The summed E-state index contributed by atoms with van der Waals surface area (Å²) in [7, 11) is 0. The van der Waals surface area contributed by atoms with Crippen LogP contribution >= 0.6 is 0 Å². The van der Waals surface area contributed by atoms with Crippen molar-refractivity contribution in [1.29, 1.82) is 0 Å². The first-order valence-electron chi connectivity index (χ1n) is 3.80. The van der Waals surface area contributed by atoms with Gasteiger partial charge in [0.25, 0.3) is 0 Å². The minimum atomic E-state index is -1.11. The van der Waals surface area contributed by atoms with Crippen molar-refractivity contribution in [2.45, 2.75) is 13.8 Å². The normalized spacial score (nSPS) is 11.9. The van der Waals surface area contributed by atoms with Crippen LogP contribution in [0.4, 0.5) is 0 Å². The fourth-order valence-corrected chi connectivity index (χ4v) is 0.633. The van der Waals surface area contributed by atoms with E-state index in [1.54, 1.807) is 0 Å². The van der Waals surface area contributed by atoms with Crippen molar-refractivity contribution in [1.82, 2.24) is 5.32 Å². The first-order valence-corrected chi connectivity index (χ1v) is 3.80. The summed E-state index contributed by atoms with van der Waals surface area (Å²) in [5.74, 6) is -1.58. The van der Waals surface area contributed by atoms with Gasteiger partial charge in [-0.25, -0.2) is 4.79 Å². The summed E-state index contributed by atoms with van der Waals surface area (Å²) in [5.41, 5.74) is 0.163. The molecule has 0 fully saturated rings. The molecule has 0 aliphatic rings. The van der Waals surface area contributed by atoms with Gasteiger partial charge in [-0.1, -0.05) is 0 Å². The summed E-state index contributed by atoms with van der Waals surface area (Å²) < 4.78 is 0. The van der Waals surface area contributed by atoms with Crippen LogP contribution in [-0.2, 0) is 9.59 Å². The molecule has 0 radical (unpaired) electrons. The van der Waals surface area contributed by atoms with Crippen LogP contribution in [0.5, 0.6) is 0 Å². The number of carboxylic acids is 1. The van der Waals surface area contributed by atoms with Gasteiger partial charge in [0.15, 0.2) is 0 Å². The highest BCUT2D eigenvalue weighted by Gasteiger charge is 2.11. The maximum Gasteiger partial charge on any atom is 0.331 e. The molecule has 13 heavy (non-hydrogen) atoms. The van der Waals surface area contributed by atoms with Crippen LogP contribution in [0, 0.1) is 0 Å². The van der Waals surface area contributed by atoms with E-state index in [1.165, 1.54) is 13.8 Å². The Morgan fingerprint density at radius 1 is 1.23 bits per heavy atom. The van der Waals surface area contributed by atoms with E-state index >= 15 is 0 Å². The number of aliphatic hydroxyl groups is 1. The van der Waals surface area contributed by atoms with E-state index in [0.29, 0.717) is 0 Å². The Bertz CT molecular complexity index is 245. The molecule has 0 saturated carbocycles. The molecule has 0 aliphatic carbocycles. The van der Waals surface area contributed by atoms with E-state index in [2.05, 4.69) is 5.32 Å². The molecule has 0 aromatic rings. The lowest BCUT2D eigenvalue weighted by atomic mass is 10.1. The number of nitrogens with one attached hydrogen (secondary N) is 1. The highest BCUT2D eigenvalue weighted by Crippen LogP contribution is 2.02. The van der Waals surface area contributed by atoms with Crippen LogP contribution in [0.15, 0.2) is 11.1 Å². The number of amides is 1. The zero-order chi connectivity index (χ0) is 10.4. The number of carboxylic acid groups (broad SMARTS) is 1. The average molecular weight is 187 g/mol. The lowest BCUT2D eigenvalue weighted by Gasteiger charge is -2.04. The summed E-state index contributed by atoms with van der Waals surface area (Å²) in [6, 6.07) is 0. The molecular formula is C8H13NO4. The quantitative estimate of drug-likeness (QED) is 0.518. The molecule has 0 aliphatic heterocycles. The molecular weight excluding hydrogens is 174 g/mol.